The molecule has 1 nitrogen and oxygen atoms in total. The molecule has 3 heteroatoms. The molecular formula is C18H22ClNS. The average molecular weight is 320 g/mol. The maximum Gasteiger partial charge on any atom is 0.0934 e. The summed E-state index contributed by atoms with van der Waals surface area (Å²) >= 11 is 7.95. The molecule has 2 unspecified atom stereocenters. The summed E-state index contributed by atoms with van der Waals surface area (Å²) in [6.07, 6.45) is 4.75. The van der Waals surface area contributed by atoms with E-state index in [1.165, 1.54) is 40.8 Å². The van der Waals surface area contributed by atoms with E-state index < -0.39 is 0 Å². The number of rotatable bonds is 4. The SMILES string of the molecule is Cc1ccccc1CC(C)NC1CCCc2sc(Cl)cc21. The number of nitrogens with one attached hydrogen (secondary N) is 1. The Hall–Kier alpha value is -0.830. The molecule has 0 aliphatic heterocycles. The zero-order valence-electron chi connectivity index (χ0n) is 12.7. The summed E-state index contributed by atoms with van der Waals surface area (Å²) < 4.78 is 0.931. The molecule has 0 radical (unpaired) electrons. The Kier molecular flexibility index (Phi) is 4.68. The topological polar surface area (TPSA) is 12.0 Å². The molecule has 3 rings (SSSR count). The second kappa shape index (κ2) is 6.51. The molecule has 2 aromatic rings. The third-order valence-electron chi connectivity index (χ3n) is 4.36. The van der Waals surface area contributed by atoms with Gasteiger partial charge in [-0.05, 0) is 62.3 Å². The molecule has 0 spiro atoms. The largest absolute Gasteiger partial charge is 0.307 e. The van der Waals surface area contributed by atoms with Crippen LogP contribution in [-0.4, -0.2) is 6.04 Å². The Morgan fingerprint density at radius 2 is 2.19 bits per heavy atom. The van der Waals surface area contributed by atoms with Gasteiger partial charge >= 0.3 is 0 Å². The van der Waals surface area contributed by atoms with Gasteiger partial charge in [0.25, 0.3) is 0 Å². The minimum absolute atomic E-state index is 0.469. The monoisotopic (exact) mass is 319 g/mol. The fraction of sp³-hybridized carbons (Fsp3) is 0.444. The first-order valence-electron chi connectivity index (χ1n) is 7.72. The molecule has 1 aromatic heterocycles. The predicted octanol–water partition coefficient (Wildman–Crippen LogP) is 5.31. The summed E-state index contributed by atoms with van der Waals surface area (Å²) in [5, 5.41) is 3.81. The quantitative estimate of drug-likeness (QED) is 0.805. The van der Waals surface area contributed by atoms with E-state index in [2.05, 4.69) is 49.5 Å². The molecule has 1 N–H and O–H groups in total. The first-order chi connectivity index (χ1) is 10.1. The molecule has 0 bridgehead atoms. The molecule has 112 valence electrons. The van der Waals surface area contributed by atoms with Gasteiger partial charge in [-0.1, -0.05) is 35.9 Å². The third-order valence-corrected chi connectivity index (χ3v) is 5.70. The second-order valence-electron chi connectivity index (χ2n) is 6.07. The van der Waals surface area contributed by atoms with Gasteiger partial charge in [0.05, 0.1) is 4.34 Å². The first-order valence-corrected chi connectivity index (χ1v) is 8.91. The second-order valence-corrected chi connectivity index (χ2v) is 7.84. The number of halogens is 1. The number of benzene rings is 1. The lowest BCUT2D eigenvalue weighted by Gasteiger charge is -2.27. The standard InChI is InChI=1S/C18H22ClNS/c1-12-6-3-4-7-14(12)10-13(2)20-16-8-5-9-17-15(16)11-18(19)21-17/h3-4,6-7,11,13,16,20H,5,8-10H2,1-2H3. The van der Waals surface area contributed by atoms with Crippen molar-refractivity contribution in [2.75, 3.05) is 0 Å². The molecule has 21 heavy (non-hydrogen) atoms. The van der Waals surface area contributed by atoms with Gasteiger partial charge in [-0.3, -0.25) is 0 Å². The van der Waals surface area contributed by atoms with Crippen LogP contribution in [0.5, 0.6) is 0 Å². The van der Waals surface area contributed by atoms with Crippen LogP contribution in [0.1, 0.15) is 47.4 Å². The number of hydrogen-bond acceptors (Lipinski definition) is 2. The smallest absolute Gasteiger partial charge is 0.0934 e. The van der Waals surface area contributed by atoms with E-state index in [-0.39, 0.29) is 0 Å². The molecule has 0 amide bonds. The van der Waals surface area contributed by atoms with Crippen LogP contribution >= 0.6 is 22.9 Å². The summed E-state index contributed by atoms with van der Waals surface area (Å²) in [4.78, 5) is 1.48. The van der Waals surface area contributed by atoms with Gasteiger partial charge in [-0.15, -0.1) is 11.3 Å². The average Bonchev–Trinajstić information content (AvgIpc) is 2.83. The highest BCUT2D eigenvalue weighted by molar-refractivity contribution is 7.16. The van der Waals surface area contributed by atoms with Crippen molar-refractivity contribution in [3.8, 4) is 0 Å². The normalized spacial score (nSPS) is 19.3. The highest BCUT2D eigenvalue weighted by atomic mass is 35.5. The number of thiophene rings is 1. The Balaban J connectivity index is 1.68. The van der Waals surface area contributed by atoms with Gasteiger partial charge in [-0.2, -0.15) is 0 Å². The maximum absolute atomic E-state index is 6.19. The van der Waals surface area contributed by atoms with E-state index in [1.807, 2.05) is 0 Å². The van der Waals surface area contributed by atoms with Crippen molar-refractivity contribution in [3.05, 3.63) is 56.2 Å². The Morgan fingerprint density at radius 3 is 3.00 bits per heavy atom. The van der Waals surface area contributed by atoms with Crippen molar-refractivity contribution in [2.45, 2.75) is 51.6 Å². The van der Waals surface area contributed by atoms with Crippen LogP contribution < -0.4 is 5.32 Å². The summed E-state index contributed by atoms with van der Waals surface area (Å²) in [7, 11) is 0. The van der Waals surface area contributed by atoms with E-state index in [0.29, 0.717) is 12.1 Å². The van der Waals surface area contributed by atoms with Gasteiger partial charge in [0.2, 0.25) is 0 Å². The zero-order valence-corrected chi connectivity index (χ0v) is 14.2. The van der Waals surface area contributed by atoms with Crippen molar-refractivity contribution in [2.24, 2.45) is 0 Å². The molecule has 1 aromatic carbocycles. The van der Waals surface area contributed by atoms with Crippen LogP contribution in [-0.2, 0) is 12.8 Å². The molecule has 2 atom stereocenters. The van der Waals surface area contributed by atoms with E-state index in [9.17, 15) is 0 Å². The summed E-state index contributed by atoms with van der Waals surface area (Å²) in [5.74, 6) is 0. The van der Waals surface area contributed by atoms with Crippen molar-refractivity contribution in [3.63, 3.8) is 0 Å². The Labute approximate surface area is 136 Å². The summed E-state index contributed by atoms with van der Waals surface area (Å²) in [6, 6.07) is 11.8. The van der Waals surface area contributed by atoms with Crippen LogP contribution in [0, 0.1) is 6.92 Å². The lowest BCUT2D eigenvalue weighted by Crippen LogP contribution is -2.33. The Morgan fingerprint density at radius 1 is 1.38 bits per heavy atom. The van der Waals surface area contributed by atoms with Crippen molar-refractivity contribution in [1.29, 1.82) is 0 Å². The highest BCUT2D eigenvalue weighted by Gasteiger charge is 2.23. The van der Waals surface area contributed by atoms with E-state index in [0.717, 1.165) is 10.8 Å². The van der Waals surface area contributed by atoms with E-state index in [1.54, 1.807) is 11.3 Å². The predicted molar refractivity (Wildman–Crippen MR) is 92.5 cm³/mol. The fourth-order valence-corrected chi connectivity index (χ4v) is 4.65. The van der Waals surface area contributed by atoms with Gasteiger partial charge in [0.1, 0.15) is 0 Å². The molecule has 0 fully saturated rings. The third kappa shape index (κ3) is 3.50. The minimum atomic E-state index is 0.469. The highest BCUT2D eigenvalue weighted by Crippen LogP contribution is 2.38. The van der Waals surface area contributed by atoms with Gasteiger partial charge in [-0.25, -0.2) is 0 Å². The van der Waals surface area contributed by atoms with Crippen LogP contribution in [0.15, 0.2) is 30.3 Å². The van der Waals surface area contributed by atoms with E-state index >= 15 is 0 Å². The maximum atomic E-state index is 6.19. The van der Waals surface area contributed by atoms with Crippen LogP contribution in [0.4, 0.5) is 0 Å². The first kappa shape index (κ1) is 15.1. The number of aryl methyl sites for hydroxylation is 2. The van der Waals surface area contributed by atoms with E-state index in [4.69, 9.17) is 11.6 Å². The lowest BCUT2D eigenvalue weighted by atomic mass is 9.92. The van der Waals surface area contributed by atoms with Crippen LogP contribution in [0.25, 0.3) is 0 Å². The van der Waals surface area contributed by atoms with Gasteiger partial charge < -0.3 is 5.32 Å². The van der Waals surface area contributed by atoms with Crippen molar-refractivity contribution in [1.82, 2.24) is 5.32 Å². The van der Waals surface area contributed by atoms with Crippen molar-refractivity contribution >= 4 is 22.9 Å². The number of hydrogen-bond donors (Lipinski definition) is 1. The molecule has 1 aliphatic rings. The lowest BCUT2D eigenvalue weighted by molar-refractivity contribution is 0.409. The minimum Gasteiger partial charge on any atom is -0.307 e. The molecule has 1 heterocycles. The van der Waals surface area contributed by atoms with Crippen LogP contribution in [0.3, 0.4) is 0 Å². The number of fused-ring (bicyclic) bond motifs is 1. The van der Waals surface area contributed by atoms with Crippen molar-refractivity contribution < 1.29 is 0 Å². The zero-order chi connectivity index (χ0) is 14.8. The summed E-state index contributed by atoms with van der Waals surface area (Å²) in [5.41, 5.74) is 4.26. The molecule has 1 aliphatic carbocycles. The fourth-order valence-electron chi connectivity index (χ4n) is 3.27. The van der Waals surface area contributed by atoms with Gasteiger partial charge in [0, 0.05) is 17.0 Å². The van der Waals surface area contributed by atoms with Crippen LogP contribution in [0.2, 0.25) is 4.34 Å². The molecule has 0 saturated heterocycles. The molecule has 0 saturated carbocycles. The molecular weight excluding hydrogens is 298 g/mol. The summed E-state index contributed by atoms with van der Waals surface area (Å²) in [6.45, 7) is 4.48. The Bertz CT molecular complexity index is 619. The van der Waals surface area contributed by atoms with Gasteiger partial charge in [0.15, 0.2) is 0 Å².